The average molecular weight is 303 g/mol. The topological polar surface area (TPSA) is 12.0 Å². The maximum absolute atomic E-state index is 6.28. The van der Waals surface area contributed by atoms with Crippen molar-refractivity contribution in [1.82, 2.24) is 5.32 Å². The molecule has 1 aromatic rings. The van der Waals surface area contributed by atoms with E-state index >= 15 is 0 Å². The maximum atomic E-state index is 6.28. The molecular weight excluding hydrogens is 286 g/mol. The van der Waals surface area contributed by atoms with Crippen molar-refractivity contribution in [3.8, 4) is 0 Å². The molecule has 0 spiro atoms. The smallest absolute Gasteiger partial charge is 0.0452 e. The van der Waals surface area contributed by atoms with E-state index in [0.717, 1.165) is 16.0 Å². The molecule has 1 aromatic carbocycles. The van der Waals surface area contributed by atoms with Gasteiger partial charge in [0.25, 0.3) is 0 Å². The minimum absolute atomic E-state index is 0.276. The van der Waals surface area contributed by atoms with Crippen LogP contribution in [0.15, 0.2) is 22.7 Å². The van der Waals surface area contributed by atoms with E-state index in [2.05, 4.69) is 47.2 Å². The molecule has 1 N–H and O–H groups in total. The second kappa shape index (κ2) is 4.67. The molecule has 0 aromatic heterocycles. The molecule has 0 aliphatic carbocycles. The normalized spacial score (nSPS) is 24.4. The standard InChI is InChI=1S/C13H17BrClN/c1-13(2)6-5-9(8-16-13)11-4-3-10(14)7-12(11)15/h3-4,7,9,16H,5-6,8H2,1-2H3. The summed E-state index contributed by atoms with van der Waals surface area (Å²) in [5.41, 5.74) is 1.55. The molecule has 1 unspecified atom stereocenters. The van der Waals surface area contributed by atoms with Crippen molar-refractivity contribution in [2.45, 2.75) is 38.1 Å². The highest BCUT2D eigenvalue weighted by Gasteiger charge is 2.27. The van der Waals surface area contributed by atoms with Gasteiger partial charge in [0.15, 0.2) is 0 Å². The molecule has 1 heterocycles. The Morgan fingerprint density at radius 2 is 2.19 bits per heavy atom. The van der Waals surface area contributed by atoms with Crippen LogP contribution in [0, 0.1) is 0 Å². The fraction of sp³-hybridized carbons (Fsp3) is 0.538. The maximum Gasteiger partial charge on any atom is 0.0452 e. The van der Waals surface area contributed by atoms with Crippen molar-refractivity contribution in [2.75, 3.05) is 6.54 Å². The van der Waals surface area contributed by atoms with Gasteiger partial charge >= 0.3 is 0 Å². The highest BCUT2D eigenvalue weighted by molar-refractivity contribution is 9.10. The molecule has 0 saturated carbocycles. The number of nitrogens with one attached hydrogen (secondary N) is 1. The molecule has 0 bridgehead atoms. The van der Waals surface area contributed by atoms with Crippen molar-refractivity contribution >= 4 is 27.5 Å². The van der Waals surface area contributed by atoms with E-state index in [0.29, 0.717) is 5.92 Å². The Balaban J connectivity index is 2.14. The first-order chi connectivity index (χ1) is 7.48. The van der Waals surface area contributed by atoms with E-state index < -0.39 is 0 Å². The predicted molar refractivity (Wildman–Crippen MR) is 73.2 cm³/mol. The first-order valence-corrected chi connectivity index (χ1v) is 6.85. The van der Waals surface area contributed by atoms with E-state index in [-0.39, 0.29) is 5.54 Å². The summed E-state index contributed by atoms with van der Waals surface area (Å²) >= 11 is 9.71. The van der Waals surface area contributed by atoms with Crippen LogP contribution < -0.4 is 5.32 Å². The van der Waals surface area contributed by atoms with Gasteiger partial charge in [0.05, 0.1) is 0 Å². The number of benzene rings is 1. The number of hydrogen-bond donors (Lipinski definition) is 1. The van der Waals surface area contributed by atoms with Crippen LogP contribution in [-0.2, 0) is 0 Å². The largest absolute Gasteiger partial charge is 0.311 e. The summed E-state index contributed by atoms with van der Waals surface area (Å²) in [4.78, 5) is 0. The summed E-state index contributed by atoms with van der Waals surface area (Å²) < 4.78 is 1.05. The summed E-state index contributed by atoms with van der Waals surface area (Å²) in [6.45, 7) is 5.53. The van der Waals surface area contributed by atoms with E-state index in [1.54, 1.807) is 0 Å². The fourth-order valence-electron chi connectivity index (χ4n) is 2.22. The van der Waals surface area contributed by atoms with Crippen LogP contribution in [0.2, 0.25) is 5.02 Å². The van der Waals surface area contributed by atoms with Gasteiger partial charge in [-0.2, -0.15) is 0 Å². The minimum Gasteiger partial charge on any atom is -0.311 e. The van der Waals surface area contributed by atoms with Crippen LogP contribution >= 0.6 is 27.5 Å². The number of rotatable bonds is 1. The minimum atomic E-state index is 0.276. The third kappa shape index (κ3) is 2.79. The van der Waals surface area contributed by atoms with Gasteiger partial charge in [0.2, 0.25) is 0 Å². The van der Waals surface area contributed by atoms with Crippen molar-refractivity contribution in [3.05, 3.63) is 33.3 Å². The summed E-state index contributed by atoms with van der Waals surface area (Å²) in [5.74, 6) is 0.550. The van der Waals surface area contributed by atoms with Crippen molar-refractivity contribution in [1.29, 1.82) is 0 Å². The lowest BCUT2D eigenvalue weighted by Gasteiger charge is -2.36. The van der Waals surface area contributed by atoms with E-state index in [4.69, 9.17) is 11.6 Å². The molecule has 1 aliphatic heterocycles. The molecule has 3 heteroatoms. The molecule has 1 aliphatic rings. The second-order valence-corrected chi connectivity index (χ2v) is 6.49. The van der Waals surface area contributed by atoms with Gasteiger partial charge in [-0.1, -0.05) is 33.6 Å². The Hall–Kier alpha value is -0.0500. The average Bonchev–Trinajstić information content (AvgIpc) is 2.19. The van der Waals surface area contributed by atoms with Crippen LogP contribution in [0.1, 0.15) is 38.2 Å². The van der Waals surface area contributed by atoms with Crippen molar-refractivity contribution in [2.24, 2.45) is 0 Å². The zero-order chi connectivity index (χ0) is 11.8. The molecule has 1 nitrogen and oxygen atoms in total. The molecule has 2 rings (SSSR count). The summed E-state index contributed by atoms with van der Waals surface area (Å²) in [5, 5.41) is 4.45. The van der Waals surface area contributed by atoms with Gasteiger partial charge in [0.1, 0.15) is 0 Å². The zero-order valence-electron chi connectivity index (χ0n) is 9.69. The summed E-state index contributed by atoms with van der Waals surface area (Å²) in [6.07, 6.45) is 2.41. The lowest BCUT2D eigenvalue weighted by atomic mass is 9.83. The van der Waals surface area contributed by atoms with Crippen molar-refractivity contribution < 1.29 is 0 Å². The molecule has 0 radical (unpaired) electrons. The lowest BCUT2D eigenvalue weighted by molar-refractivity contribution is 0.280. The third-order valence-electron chi connectivity index (χ3n) is 3.35. The van der Waals surface area contributed by atoms with Gasteiger partial charge in [-0.15, -0.1) is 0 Å². The van der Waals surface area contributed by atoms with Crippen LogP contribution in [-0.4, -0.2) is 12.1 Å². The Kier molecular flexibility index (Phi) is 3.62. The van der Waals surface area contributed by atoms with E-state index in [1.165, 1.54) is 18.4 Å². The number of piperidine rings is 1. The van der Waals surface area contributed by atoms with Gasteiger partial charge in [0, 0.05) is 21.6 Å². The Morgan fingerprint density at radius 3 is 2.75 bits per heavy atom. The zero-order valence-corrected chi connectivity index (χ0v) is 12.0. The summed E-state index contributed by atoms with van der Waals surface area (Å²) in [6, 6.07) is 6.19. The molecule has 1 saturated heterocycles. The Morgan fingerprint density at radius 1 is 1.44 bits per heavy atom. The fourth-order valence-corrected chi connectivity index (χ4v) is 3.05. The Bertz CT molecular complexity index is 380. The molecular formula is C13H17BrClN. The van der Waals surface area contributed by atoms with Crippen LogP contribution in [0.25, 0.3) is 0 Å². The molecule has 0 amide bonds. The lowest BCUT2D eigenvalue weighted by Crippen LogP contribution is -2.45. The first-order valence-electron chi connectivity index (χ1n) is 5.68. The highest BCUT2D eigenvalue weighted by atomic mass is 79.9. The second-order valence-electron chi connectivity index (χ2n) is 5.17. The number of hydrogen-bond acceptors (Lipinski definition) is 1. The number of halogens is 2. The van der Waals surface area contributed by atoms with Gasteiger partial charge in [-0.3, -0.25) is 0 Å². The highest BCUT2D eigenvalue weighted by Crippen LogP contribution is 2.34. The third-order valence-corrected chi connectivity index (χ3v) is 4.17. The van der Waals surface area contributed by atoms with Gasteiger partial charge in [-0.25, -0.2) is 0 Å². The molecule has 1 fully saturated rings. The van der Waals surface area contributed by atoms with Crippen LogP contribution in [0.4, 0.5) is 0 Å². The first kappa shape index (κ1) is 12.4. The van der Waals surface area contributed by atoms with Gasteiger partial charge in [-0.05, 0) is 50.3 Å². The summed E-state index contributed by atoms with van der Waals surface area (Å²) in [7, 11) is 0. The molecule has 1 atom stereocenters. The van der Waals surface area contributed by atoms with Gasteiger partial charge < -0.3 is 5.32 Å². The predicted octanol–water partition coefficient (Wildman–Crippen LogP) is 4.35. The monoisotopic (exact) mass is 301 g/mol. The quantitative estimate of drug-likeness (QED) is 0.813. The SMILES string of the molecule is CC1(C)CCC(c2ccc(Br)cc2Cl)CN1. The molecule has 88 valence electrons. The van der Waals surface area contributed by atoms with E-state index in [9.17, 15) is 0 Å². The Labute approximate surface area is 111 Å². The molecule has 16 heavy (non-hydrogen) atoms. The van der Waals surface area contributed by atoms with Crippen molar-refractivity contribution in [3.63, 3.8) is 0 Å². The van der Waals surface area contributed by atoms with Crippen LogP contribution in [0.5, 0.6) is 0 Å². The van der Waals surface area contributed by atoms with E-state index in [1.807, 2.05) is 6.07 Å². The van der Waals surface area contributed by atoms with Crippen LogP contribution in [0.3, 0.4) is 0 Å².